The van der Waals surface area contributed by atoms with Gasteiger partial charge in [0.2, 0.25) is 0 Å². The van der Waals surface area contributed by atoms with Crippen LogP contribution in [0.25, 0.3) is 54.2 Å². The van der Waals surface area contributed by atoms with Gasteiger partial charge in [0.05, 0.1) is 0 Å². The summed E-state index contributed by atoms with van der Waals surface area (Å²) in [4.78, 5) is 0. The smallest absolute Gasteiger partial charge is 0.146 e. The third-order valence-electron chi connectivity index (χ3n) is 12.3. The van der Waals surface area contributed by atoms with Crippen molar-refractivity contribution in [2.24, 2.45) is 0 Å². The molecular weight excluding hydrogens is 863 g/mol. The Kier molecular flexibility index (Phi) is 14.6. The maximum Gasteiger partial charge on any atom is 2.00 e. The summed E-state index contributed by atoms with van der Waals surface area (Å²) in [5.74, 6) is 0. The Morgan fingerprint density at radius 1 is 0.500 bits per heavy atom. The van der Waals surface area contributed by atoms with E-state index in [1.165, 1.54) is 87.6 Å². The van der Waals surface area contributed by atoms with Gasteiger partial charge in [-0.2, -0.15) is 0 Å². The Bertz CT molecular complexity index is 2440. The van der Waals surface area contributed by atoms with Crippen LogP contribution in [0.15, 0.2) is 109 Å². The van der Waals surface area contributed by atoms with Crippen LogP contribution in [0.5, 0.6) is 0 Å². The SMILES string of the molecule is CC(C)(C)c1ccc2c(c1)[cH-]c1c(C3=CC=CC3)c(C(C)(C)C)ccc12.CC(C)(C)c1ccc2c(c1)[cH-]c1c(C3=CC=CC3)c(C(C)(C)C)ccc12.CC[Si](Cl)(Cl)CC.[Zr+2]. The number of rotatable bonds is 4. The quantitative estimate of drug-likeness (QED) is 0.0939. The summed E-state index contributed by atoms with van der Waals surface area (Å²) in [5, 5.41) is 11.1. The predicted molar refractivity (Wildman–Crippen MR) is 271 cm³/mol. The summed E-state index contributed by atoms with van der Waals surface area (Å²) in [5.41, 5.74) is 12.1. The van der Waals surface area contributed by atoms with E-state index in [9.17, 15) is 0 Å². The average molecular weight is 931 g/mol. The van der Waals surface area contributed by atoms with E-state index in [0.29, 0.717) is 0 Å². The van der Waals surface area contributed by atoms with Crippen LogP contribution >= 0.6 is 22.2 Å². The van der Waals surface area contributed by atoms with Crippen molar-refractivity contribution in [3.8, 4) is 0 Å². The molecule has 0 atom stereocenters. The third-order valence-corrected chi connectivity index (χ3v) is 17.6. The van der Waals surface area contributed by atoms with E-state index in [4.69, 9.17) is 22.2 Å². The standard InChI is InChI=1S/2C26H29.C4H10Cl2Si.Zr/c2*1-25(2,3)19-11-12-20-18(15-19)16-22-21(20)13-14-23(26(4,5)6)24(22)17-9-7-8-10-17;1-3-7(5,6)4-2;/h2*7-9,11-16H,10H2,1-6H3;3-4H2,1-2H3;/q2*-1;;+2. The predicted octanol–water partition coefficient (Wildman–Crippen LogP) is 18.2. The fraction of sp³-hybridized carbons (Fsp3) is 0.393. The average Bonchev–Trinajstić information content (AvgIpc) is 3.99. The van der Waals surface area contributed by atoms with E-state index in [1.807, 2.05) is 13.8 Å². The minimum Gasteiger partial charge on any atom is -0.146 e. The summed E-state index contributed by atoms with van der Waals surface area (Å²) in [6.45, 7) is 30.0. The van der Waals surface area contributed by atoms with Crippen LogP contribution in [0.4, 0.5) is 0 Å². The molecule has 0 aromatic heterocycles. The number of halogens is 2. The van der Waals surface area contributed by atoms with Gasteiger partial charge in [-0.05, 0) is 46.6 Å². The number of hydrogen-bond donors (Lipinski definition) is 0. The van der Waals surface area contributed by atoms with Crippen molar-refractivity contribution in [2.75, 3.05) is 0 Å². The molecule has 0 spiro atoms. The fourth-order valence-corrected chi connectivity index (χ4v) is 9.06. The van der Waals surface area contributed by atoms with Gasteiger partial charge in [-0.1, -0.05) is 226 Å². The van der Waals surface area contributed by atoms with Crippen molar-refractivity contribution in [1.82, 2.24) is 0 Å². The molecule has 6 aromatic rings. The Morgan fingerprint density at radius 3 is 1.12 bits per heavy atom. The molecule has 0 heterocycles. The molecule has 0 nitrogen and oxygen atoms in total. The van der Waals surface area contributed by atoms with Gasteiger partial charge in [0.15, 0.2) is 0 Å². The Morgan fingerprint density at radius 2 is 0.850 bits per heavy atom. The van der Waals surface area contributed by atoms with Gasteiger partial charge in [0.1, 0.15) is 0 Å². The zero-order chi connectivity index (χ0) is 43.3. The van der Waals surface area contributed by atoms with Crippen molar-refractivity contribution in [3.63, 3.8) is 0 Å². The Hall–Kier alpha value is -2.74. The van der Waals surface area contributed by atoms with Gasteiger partial charge in [0.25, 0.3) is 6.69 Å². The van der Waals surface area contributed by atoms with Crippen LogP contribution in [-0.4, -0.2) is 6.69 Å². The van der Waals surface area contributed by atoms with Crippen LogP contribution < -0.4 is 0 Å². The molecule has 0 amide bonds. The van der Waals surface area contributed by atoms with Crippen molar-refractivity contribution in [3.05, 3.63) is 143 Å². The van der Waals surface area contributed by atoms with Crippen LogP contribution in [-0.2, 0) is 47.9 Å². The zero-order valence-electron chi connectivity index (χ0n) is 39.0. The Balaban J connectivity index is 0.000000194. The summed E-state index contributed by atoms with van der Waals surface area (Å²) < 4.78 is 0. The second-order valence-electron chi connectivity index (χ2n) is 21.0. The molecule has 0 radical (unpaired) electrons. The topological polar surface area (TPSA) is 0 Å². The van der Waals surface area contributed by atoms with E-state index in [1.54, 1.807) is 0 Å². The molecular formula is C56H68Cl2SiZr. The van der Waals surface area contributed by atoms with E-state index >= 15 is 0 Å². The first-order valence-electron chi connectivity index (χ1n) is 21.9. The molecule has 0 saturated carbocycles. The minimum atomic E-state index is -1.71. The summed E-state index contributed by atoms with van der Waals surface area (Å²) >= 11 is 11.6. The van der Waals surface area contributed by atoms with E-state index in [0.717, 1.165) is 24.9 Å². The van der Waals surface area contributed by atoms with Gasteiger partial charge in [0, 0.05) is 0 Å². The Labute approximate surface area is 392 Å². The van der Waals surface area contributed by atoms with Crippen molar-refractivity contribution >= 4 is 83.1 Å². The monoisotopic (exact) mass is 928 g/mol. The number of fused-ring (bicyclic) bond motifs is 6. The second-order valence-corrected chi connectivity index (χ2v) is 29.1. The molecule has 60 heavy (non-hydrogen) atoms. The number of hydrogen-bond acceptors (Lipinski definition) is 0. The minimum absolute atomic E-state index is 0. The van der Waals surface area contributed by atoms with E-state index in [-0.39, 0.29) is 47.9 Å². The second kappa shape index (κ2) is 18.2. The number of benzene rings is 4. The van der Waals surface area contributed by atoms with Crippen LogP contribution in [0.2, 0.25) is 12.1 Å². The van der Waals surface area contributed by atoms with Gasteiger partial charge < -0.3 is 0 Å². The summed E-state index contributed by atoms with van der Waals surface area (Å²) in [6, 6.07) is 30.2. The van der Waals surface area contributed by atoms with Gasteiger partial charge >= 0.3 is 26.2 Å². The first-order valence-corrected chi connectivity index (χ1v) is 26.3. The summed E-state index contributed by atoms with van der Waals surface area (Å²) in [6.07, 6.45) is 15.6. The molecule has 6 aromatic carbocycles. The maximum absolute atomic E-state index is 5.81. The number of allylic oxidation sites excluding steroid dienone is 8. The van der Waals surface area contributed by atoms with Gasteiger partial charge in [-0.3, -0.25) is 0 Å². The molecule has 2 aliphatic carbocycles. The van der Waals surface area contributed by atoms with Crippen molar-refractivity contribution < 1.29 is 26.2 Å². The van der Waals surface area contributed by atoms with Crippen molar-refractivity contribution in [1.29, 1.82) is 0 Å². The molecule has 0 N–H and O–H groups in total. The molecule has 0 saturated heterocycles. The summed E-state index contributed by atoms with van der Waals surface area (Å²) in [7, 11) is 0. The first-order chi connectivity index (χ1) is 27.4. The zero-order valence-corrected chi connectivity index (χ0v) is 43.9. The molecule has 2 aliphatic rings. The van der Waals surface area contributed by atoms with Gasteiger partial charge in [-0.15, -0.1) is 89.5 Å². The van der Waals surface area contributed by atoms with Crippen LogP contribution in [0, 0.1) is 0 Å². The molecule has 0 aliphatic heterocycles. The largest absolute Gasteiger partial charge is 2.00 e. The molecule has 0 fully saturated rings. The molecule has 314 valence electrons. The van der Waals surface area contributed by atoms with E-state index < -0.39 is 6.69 Å². The van der Waals surface area contributed by atoms with E-state index in [2.05, 4.69) is 192 Å². The molecule has 4 heteroatoms. The van der Waals surface area contributed by atoms with Gasteiger partial charge in [-0.25, -0.2) is 0 Å². The molecule has 0 unspecified atom stereocenters. The molecule has 0 bridgehead atoms. The van der Waals surface area contributed by atoms with Crippen LogP contribution in [0.1, 0.15) is 143 Å². The molecule has 8 rings (SSSR count). The van der Waals surface area contributed by atoms with Crippen molar-refractivity contribution in [2.45, 2.75) is 144 Å². The third kappa shape index (κ3) is 10.4. The first kappa shape index (κ1) is 48.3. The van der Waals surface area contributed by atoms with Crippen LogP contribution in [0.3, 0.4) is 0 Å². The normalized spacial score (nSPS) is 14.6. The maximum atomic E-state index is 5.81. The fourth-order valence-electron chi connectivity index (χ4n) is 8.56.